The summed E-state index contributed by atoms with van der Waals surface area (Å²) >= 11 is 0. The molecule has 0 bridgehead atoms. The molecule has 2 N–H and O–H groups in total. The van der Waals surface area contributed by atoms with Crippen molar-refractivity contribution in [3.05, 3.63) is 35.4 Å². The minimum Gasteiger partial charge on any atom is -0.330 e. The fourth-order valence-electron chi connectivity index (χ4n) is 2.24. The molecule has 0 amide bonds. The Bertz CT molecular complexity index is 372. The van der Waals surface area contributed by atoms with Crippen LogP contribution in [-0.2, 0) is 6.42 Å². The summed E-state index contributed by atoms with van der Waals surface area (Å²) in [6.07, 6.45) is 1.62. The maximum absolute atomic E-state index is 12.1. The second kappa shape index (κ2) is 3.21. The van der Waals surface area contributed by atoms with E-state index in [4.69, 9.17) is 5.73 Å². The summed E-state index contributed by atoms with van der Waals surface area (Å²) in [7, 11) is 0. The van der Waals surface area contributed by atoms with Gasteiger partial charge in [0.2, 0.25) is 0 Å². The van der Waals surface area contributed by atoms with Crippen molar-refractivity contribution < 1.29 is 4.79 Å². The van der Waals surface area contributed by atoms with Crippen LogP contribution in [0.25, 0.3) is 0 Å². The van der Waals surface area contributed by atoms with Gasteiger partial charge in [0.15, 0.2) is 5.78 Å². The predicted molar refractivity (Wildman–Crippen MR) is 56.3 cm³/mol. The molecule has 0 saturated heterocycles. The molecule has 0 radical (unpaired) electrons. The van der Waals surface area contributed by atoms with Crippen molar-refractivity contribution in [3.63, 3.8) is 0 Å². The molecule has 2 heteroatoms. The van der Waals surface area contributed by atoms with E-state index in [2.05, 4.69) is 0 Å². The Morgan fingerprint density at radius 2 is 2.14 bits per heavy atom. The van der Waals surface area contributed by atoms with Crippen molar-refractivity contribution in [2.45, 2.75) is 19.8 Å². The first kappa shape index (κ1) is 9.41. The van der Waals surface area contributed by atoms with Crippen molar-refractivity contribution in [2.24, 2.45) is 11.1 Å². The Balaban J connectivity index is 2.38. The van der Waals surface area contributed by atoms with Crippen LogP contribution in [0.15, 0.2) is 24.3 Å². The number of carbonyl (C=O) groups is 1. The molecule has 0 fully saturated rings. The molecule has 2 nitrogen and oxygen atoms in total. The van der Waals surface area contributed by atoms with Crippen LogP contribution in [0.3, 0.4) is 0 Å². The van der Waals surface area contributed by atoms with Gasteiger partial charge in [-0.1, -0.05) is 31.2 Å². The molecule has 0 spiro atoms. The zero-order chi connectivity index (χ0) is 10.2. The first-order chi connectivity index (χ1) is 6.67. The van der Waals surface area contributed by atoms with Gasteiger partial charge >= 0.3 is 0 Å². The van der Waals surface area contributed by atoms with Crippen molar-refractivity contribution in [1.29, 1.82) is 0 Å². The highest BCUT2D eigenvalue weighted by Gasteiger charge is 2.40. The highest BCUT2D eigenvalue weighted by Crippen LogP contribution is 2.38. The Morgan fingerprint density at radius 3 is 2.79 bits per heavy atom. The van der Waals surface area contributed by atoms with E-state index in [0.717, 1.165) is 18.4 Å². The molecule has 1 aliphatic carbocycles. The first-order valence-corrected chi connectivity index (χ1v) is 5.00. The van der Waals surface area contributed by atoms with Crippen LogP contribution in [0.5, 0.6) is 0 Å². The van der Waals surface area contributed by atoms with Crippen LogP contribution in [0.4, 0.5) is 0 Å². The molecule has 1 atom stereocenters. The quantitative estimate of drug-likeness (QED) is 0.770. The van der Waals surface area contributed by atoms with Crippen LogP contribution in [0.1, 0.15) is 29.3 Å². The third-order valence-corrected chi connectivity index (χ3v) is 3.09. The van der Waals surface area contributed by atoms with E-state index in [-0.39, 0.29) is 11.2 Å². The number of Topliss-reactive ketones (excluding diaryl/α,β-unsaturated/α-hetero) is 1. The van der Waals surface area contributed by atoms with Gasteiger partial charge in [-0.25, -0.2) is 0 Å². The van der Waals surface area contributed by atoms with Gasteiger partial charge in [0.25, 0.3) is 0 Å². The smallest absolute Gasteiger partial charge is 0.169 e. The summed E-state index contributed by atoms with van der Waals surface area (Å²) in [4.78, 5) is 12.1. The van der Waals surface area contributed by atoms with Crippen molar-refractivity contribution in [2.75, 3.05) is 6.54 Å². The lowest BCUT2D eigenvalue weighted by Crippen LogP contribution is -2.27. The molecule has 14 heavy (non-hydrogen) atoms. The molecular formula is C12H15NO. The number of ketones is 1. The van der Waals surface area contributed by atoms with Gasteiger partial charge < -0.3 is 5.73 Å². The van der Waals surface area contributed by atoms with Crippen molar-refractivity contribution in [1.82, 2.24) is 0 Å². The molecule has 2 rings (SSSR count). The van der Waals surface area contributed by atoms with Gasteiger partial charge in [0.1, 0.15) is 0 Å². The van der Waals surface area contributed by atoms with Gasteiger partial charge in [-0.15, -0.1) is 0 Å². The third kappa shape index (κ3) is 1.26. The highest BCUT2D eigenvalue weighted by molar-refractivity contribution is 6.04. The molecule has 1 unspecified atom stereocenters. The molecule has 1 aromatic rings. The van der Waals surface area contributed by atoms with Crippen molar-refractivity contribution >= 4 is 5.78 Å². The van der Waals surface area contributed by atoms with Crippen LogP contribution in [-0.4, -0.2) is 12.3 Å². The van der Waals surface area contributed by atoms with Gasteiger partial charge in [-0.2, -0.15) is 0 Å². The lowest BCUT2D eigenvalue weighted by Gasteiger charge is -2.20. The largest absolute Gasteiger partial charge is 0.330 e. The lowest BCUT2D eigenvalue weighted by molar-refractivity contribution is 0.0833. The average molecular weight is 189 g/mol. The van der Waals surface area contributed by atoms with Gasteiger partial charge in [-0.05, 0) is 24.9 Å². The second-order valence-corrected chi connectivity index (χ2v) is 4.26. The minimum atomic E-state index is -0.252. The number of rotatable bonds is 2. The van der Waals surface area contributed by atoms with E-state index < -0.39 is 0 Å². The fraction of sp³-hybridized carbons (Fsp3) is 0.417. The molecule has 1 aliphatic rings. The molecule has 0 heterocycles. The maximum atomic E-state index is 12.1. The first-order valence-electron chi connectivity index (χ1n) is 5.00. The Morgan fingerprint density at radius 1 is 1.43 bits per heavy atom. The van der Waals surface area contributed by atoms with E-state index in [1.807, 2.05) is 31.2 Å². The van der Waals surface area contributed by atoms with E-state index in [1.54, 1.807) is 0 Å². The number of carbonyl (C=O) groups excluding carboxylic acids is 1. The zero-order valence-electron chi connectivity index (χ0n) is 8.42. The summed E-state index contributed by atoms with van der Waals surface area (Å²) in [5.74, 6) is 0.263. The van der Waals surface area contributed by atoms with Crippen LogP contribution in [0.2, 0.25) is 0 Å². The fourth-order valence-corrected chi connectivity index (χ4v) is 2.24. The predicted octanol–water partition coefficient (Wildman–Crippen LogP) is 1.78. The standard InChI is InChI=1S/C12H15NO/c1-12(6-7-13)8-9-4-2-3-5-10(9)11(12)14/h2-5H,6-8,13H2,1H3. The summed E-state index contributed by atoms with van der Waals surface area (Å²) in [6, 6.07) is 7.86. The number of fused-ring (bicyclic) bond motifs is 1. The summed E-state index contributed by atoms with van der Waals surface area (Å²) < 4.78 is 0. The van der Waals surface area contributed by atoms with E-state index >= 15 is 0 Å². The van der Waals surface area contributed by atoms with E-state index in [1.165, 1.54) is 5.56 Å². The average Bonchev–Trinajstić information content (AvgIpc) is 2.41. The zero-order valence-corrected chi connectivity index (χ0v) is 8.42. The molecule has 0 saturated carbocycles. The van der Waals surface area contributed by atoms with Gasteiger partial charge in [0.05, 0.1) is 0 Å². The minimum absolute atomic E-state index is 0.252. The van der Waals surface area contributed by atoms with Crippen LogP contribution in [0, 0.1) is 5.41 Å². The summed E-state index contributed by atoms with van der Waals surface area (Å²) in [5, 5.41) is 0. The van der Waals surface area contributed by atoms with Gasteiger partial charge in [-0.3, -0.25) is 4.79 Å². The topological polar surface area (TPSA) is 43.1 Å². The number of benzene rings is 1. The highest BCUT2D eigenvalue weighted by atomic mass is 16.1. The lowest BCUT2D eigenvalue weighted by atomic mass is 9.83. The van der Waals surface area contributed by atoms with Crippen LogP contribution < -0.4 is 5.73 Å². The molecule has 1 aromatic carbocycles. The summed E-state index contributed by atoms with van der Waals surface area (Å²) in [5.41, 5.74) is 7.35. The number of nitrogens with two attached hydrogens (primary N) is 1. The SMILES string of the molecule is CC1(CCN)Cc2ccccc2C1=O. The normalized spacial score (nSPS) is 25.1. The third-order valence-electron chi connectivity index (χ3n) is 3.09. The molecular weight excluding hydrogens is 174 g/mol. The second-order valence-electron chi connectivity index (χ2n) is 4.26. The Kier molecular flexibility index (Phi) is 2.16. The molecule has 74 valence electrons. The number of hydrogen-bond acceptors (Lipinski definition) is 2. The van der Waals surface area contributed by atoms with Crippen molar-refractivity contribution in [3.8, 4) is 0 Å². The van der Waals surface area contributed by atoms with Crippen LogP contribution >= 0.6 is 0 Å². The monoisotopic (exact) mass is 189 g/mol. The van der Waals surface area contributed by atoms with E-state index in [9.17, 15) is 4.79 Å². The van der Waals surface area contributed by atoms with E-state index in [0.29, 0.717) is 6.54 Å². The Hall–Kier alpha value is -1.15. The van der Waals surface area contributed by atoms with Gasteiger partial charge in [0, 0.05) is 11.0 Å². The Labute approximate surface area is 84.1 Å². The number of hydrogen-bond donors (Lipinski definition) is 1. The maximum Gasteiger partial charge on any atom is 0.169 e. The molecule has 0 aliphatic heterocycles. The molecule has 0 aromatic heterocycles. The summed E-state index contributed by atoms with van der Waals surface area (Å²) in [6.45, 7) is 2.60.